The van der Waals surface area contributed by atoms with Gasteiger partial charge in [0.25, 0.3) is 0 Å². The molecule has 2 aromatic carbocycles. The van der Waals surface area contributed by atoms with E-state index in [0.717, 1.165) is 0 Å². The first-order chi connectivity index (χ1) is 8.58. The SMILES string of the molecule is Cc1cccc(Oc2ccc(C(=O)O)cc2)c1F. The van der Waals surface area contributed by atoms with Gasteiger partial charge in [0.15, 0.2) is 11.6 Å². The molecule has 0 saturated carbocycles. The Morgan fingerprint density at radius 1 is 1.17 bits per heavy atom. The molecule has 0 aromatic heterocycles. The Labute approximate surface area is 103 Å². The van der Waals surface area contributed by atoms with E-state index in [4.69, 9.17) is 9.84 Å². The van der Waals surface area contributed by atoms with Gasteiger partial charge in [0.1, 0.15) is 5.75 Å². The second kappa shape index (κ2) is 4.87. The van der Waals surface area contributed by atoms with Crippen LogP contribution in [-0.4, -0.2) is 11.1 Å². The van der Waals surface area contributed by atoms with Gasteiger partial charge < -0.3 is 9.84 Å². The number of aryl methyl sites for hydroxylation is 1. The summed E-state index contributed by atoms with van der Waals surface area (Å²) in [5, 5.41) is 8.75. The molecule has 4 heteroatoms. The van der Waals surface area contributed by atoms with Crippen molar-refractivity contribution in [2.45, 2.75) is 6.92 Å². The maximum atomic E-state index is 13.7. The topological polar surface area (TPSA) is 46.5 Å². The minimum Gasteiger partial charge on any atom is -0.478 e. The van der Waals surface area contributed by atoms with Crippen molar-refractivity contribution in [1.82, 2.24) is 0 Å². The molecule has 92 valence electrons. The number of carboxylic acid groups (broad SMARTS) is 1. The van der Waals surface area contributed by atoms with Gasteiger partial charge in [0.05, 0.1) is 5.56 Å². The van der Waals surface area contributed by atoms with Gasteiger partial charge in [-0.15, -0.1) is 0 Å². The highest BCUT2D eigenvalue weighted by atomic mass is 19.1. The number of benzene rings is 2. The normalized spacial score (nSPS) is 10.1. The van der Waals surface area contributed by atoms with Gasteiger partial charge in [0, 0.05) is 0 Å². The van der Waals surface area contributed by atoms with Crippen LogP contribution in [0.5, 0.6) is 11.5 Å². The summed E-state index contributed by atoms with van der Waals surface area (Å²) in [4.78, 5) is 10.7. The standard InChI is InChI=1S/C14H11FO3/c1-9-3-2-4-12(13(9)15)18-11-7-5-10(6-8-11)14(16)17/h2-8H,1H3,(H,16,17). The summed E-state index contributed by atoms with van der Waals surface area (Å²) in [5.74, 6) is -0.911. The molecular formula is C14H11FO3. The summed E-state index contributed by atoms with van der Waals surface area (Å²) in [6.45, 7) is 1.65. The van der Waals surface area contributed by atoms with E-state index >= 15 is 0 Å². The summed E-state index contributed by atoms with van der Waals surface area (Å²) < 4.78 is 19.0. The minimum absolute atomic E-state index is 0.123. The first kappa shape index (κ1) is 12.1. The summed E-state index contributed by atoms with van der Waals surface area (Å²) in [6.07, 6.45) is 0. The van der Waals surface area contributed by atoms with Crippen molar-refractivity contribution in [2.75, 3.05) is 0 Å². The zero-order valence-electron chi connectivity index (χ0n) is 9.68. The molecule has 0 heterocycles. The number of hydrogen-bond donors (Lipinski definition) is 1. The Bertz CT molecular complexity index is 576. The Morgan fingerprint density at radius 3 is 2.44 bits per heavy atom. The molecule has 0 aliphatic heterocycles. The highest BCUT2D eigenvalue weighted by Crippen LogP contribution is 2.26. The van der Waals surface area contributed by atoms with E-state index in [-0.39, 0.29) is 11.3 Å². The Morgan fingerprint density at radius 2 is 1.83 bits per heavy atom. The molecule has 0 aliphatic carbocycles. The predicted molar refractivity (Wildman–Crippen MR) is 64.6 cm³/mol. The predicted octanol–water partition coefficient (Wildman–Crippen LogP) is 3.62. The first-order valence-electron chi connectivity index (χ1n) is 5.34. The molecule has 0 unspecified atom stereocenters. The molecule has 0 amide bonds. The number of halogens is 1. The Hall–Kier alpha value is -2.36. The first-order valence-corrected chi connectivity index (χ1v) is 5.34. The smallest absolute Gasteiger partial charge is 0.335 e. The third-order valence-electron chi connectivity index (χ3n) is 2.49. The van der Waals surface area contributed by atoms with Crippen molar-refractivity contribution in [3.8, 4) is 11.5 Å². The molecule has 18 heavy (non-hydrogen) atoms. The van der Waals surface area contributed by atoms with E-state index in [1.165, 1.54) is 30.3 Å². The summed E-state index contributed by atoms with van der Waals surface area (Å²) in [6, 6.07) is 10.7. The summed E-state index contributed by atoms with van der Waals surface area (Å²) >= 11 is 0. The lowest BCUT2D eigenvalue weighted by molar-refractivity contribution is 0.0697. The van der Waals surface area contributed by atoms with Crippen LogP contribution in [0.1, 0.15) is 15.9 Å². The summed E-state index contributed by atoms with van der Waals surface area (Å²) in [7, 11) is 0. The second-order valence-corrected chi connectivity index (χ2v) is 3.82. The molecule has 0 saturated heterocycles. The zero-order chi connectivity index (χ0) is 13.1. The fraction of sp³-hybridized carbons (Fsp3) is 0.0714. The molecule has 0 radical (unpaired) electrons. The van der Waals surface area contributed by atoms with Crippen molar-refractivity contribution in [2.24, 2.45) is 0 Å². The fourth-order valence-electron chi connectivity index (χ4n) is 1.49. The van der Waals surface area contributed by atoms with Crippen LogP contribution in [0.2, 0.25) is 0 Å². The van der Waals surface area contributed by atoms with Crippen molar-refractivity contribution in [1.29, 1.82) is 0 Å². The van der Waals surface area contributed by atoms with E-state index in [1.807, 2.05) is 0 Å². The van der Waals surface area contributed by atoms with Gasteiger partial charge in [-0.1, -0.05) is 12.1 Å². The molecule has 0 fully saturated rings. The van der Waals surface area contributed by atoms with Gasteiger partial charge >= 0.3 is 5.97 Å². The number of hydrogen-bond acceptors (Lipinski definition) is 2. The van der Waals surface area contributed by atoms with Crippen molar-refractivity contribution in [3.05, 3.63) is 59.4 Å². The van der Waals surface area contributed by atoms with E-state index < -0.39 is 11.8 Å². The van der Waals surface area contributed by atoms with Crippen molar-refractivity contribution >= 4 is 5.97 Å². The van der Waals surface area contributed by atoms with Crippen molar-refractivity contribution < 1.29 is 19.0 Å². The average Bonchev–Trinajstić information content (AvgIpc) is 2.36. The number of carbonyl (C=O) groups is 1. The van der Waals surface area contributed by atoms with Crippen LogP contribution in [0.15, 0.2) is 42.5 Å². The maximum Gasteiger partial charge on any atom is 0.335 e. The molecular weight excluding hydrogens is 235 g/mol. The Balaban J connectivity index is 2.24. The van der Waals surface area contributed by atoms with Crippen LogP contribution in [-0.2, 0) is 0 Å². The van der Waals surface area contributed by atoms with E-state index in [2.05, 4.69) is 0 Å². The lowest BCUT2D eigenvalue weighted by Crippen LogP contribution is -1.96. The third kappa shape index (κ3) is 2.48. The lowest BCUT2D eigenvalue weighted by Gasteiger charge is -2.08. The number of carboxylic acids is 1. The minimum atomic E-state index is -1.01. The van der Waals surface area contributed by atoms with Crippen LogP contribution in [0, 0.1) is 12.7 Å². The molecule has 2 rings (SSSR count). The van der Waals surface area contributed by atoms with Gasteiger partial charge in [-0.25, -0.2) is 9.18 Å². The van der Waals surface area contributed by atoms with E-state index in [0.29, 0.717) is 11.3 Å². The monoisotopic (exact) mass is 246 g/mol. The molecule has 0 bridgehead atoms. The largest absolute Gasteiger partial charge is 0.478 e. The highest BCUT2D eigenvalue weighted by Gasteiger charge is 2.07. The van der Waals surface area contributed by atoms with Gasteiger partial charge in [-0.05, 0) is 42.8 Å². The Kier molecular flexibility index (Phi) is 3.28. The molecule has 0 aliphatic rings. The van der Waals surface area contributed by atoms with Crippen LogP contribution in [0.25, 0.3) is 0 Å². The molecule has 0 spiro atoms. The highest BCUT2D eigenvalue weighted by molar-refractivity contribution is 5.87. The van der Waals surface area contributed by atoms with Crippen LogP contribution < -0.4 is 4.74 Å². The van der Waals surface area contributed by atoms with Crippen LogP contribution in [0.4, 0.5) is 4.39 Å². The fourth-order valence-corrected chi connectivity index (χ4v) is 1.49. The maximum absolute atomic E-state index is 13.7. The average molecular weight is 246 g/mol. The van der Waals surface area contributed by atoms with Gasteiger partial charge in [0.2, 0.25) is 0 Å². The van der Waals surface area contributed by atoms with Crippen molar-refractivity contribution in [3.63, 3.8) is 0 Å². The molecule has 3 nitrogen and oxygen atoms in total. The molecule has 2 aromatic rings. The van der Waals surface area contributed by atoms with E-state index in [1.54, 1.807) is 19.1 Å². The van der Waals surface area contributed by atoms with Crippen LogP contribution >= 0.6 is 0 Å². The second-order valence-electron chi connectivity index (χ2n) is 3.82. The quantitative estimate of drug-likeness (QED) is 0.899. The number of aromatic carboxylic acids is 1. The van der Waals surface area contributed by atoms with Gasteiger partial charge in [-0.2, -0.15) is 0 Å². The lowest BCUT2D eigenvalue weighted by atomic mass is 10.2. The number of ether oxygens (including phenoxy) is 1. The van der Waals surface area contributed by atoms with Crippen LogP contribution in [0.3, 0.4) is 0 Å². The zero-order valence-corrected chi connectivity index (χ0v) is 9.68. The van der Waals surface area contributed by atoms with E-state index in [9.17, 15) is 9.18 Å². The molecule has 0 atom stereocenters. The number of rotatable bonds is 3. The third-order valence-corrected chi connectivity index (χ3v) is 2.49. The van der Waals surface area contributed by atoms with Gasteiger partial charge in [-0.3, -0.25) is 0 Å². The summed E-state index contributed by atoms with van der Waals surface area (Å²) in [5.41, 5.74) is 0.654. The molecule has 1 N–H and O–H groups in total.